The zero-order valence-corrected chi connectivity index (χ0v) is 12.1. The topological polar surface area (TPSA) is 70.5 Å². The maximum Gasteiger partial charge on any atom is 0.274 e. The highest BCUT2D eigenvalue weighted by molar-refractivity contribution is 5.75. The van der Waals surface area contributed by atoms with Crippen LogP contribution in [0.5, 0.6) is 0 Å². The number of benzene rings is 2. The molecule has 2 heterocycles. The van der Waals surface area contributed by atoms with E-state index in [0.29, 0.717) is 16.9 Å². The number of hydrogen-bond acceptors (Lipinski definition) is 4. The third-order valence-electron chi connectivity index (χ3n) is 3.50. The first-order chi connectivity index (χ1) is 11.3. The van der Waals surface area contributed by atoms with E-state index in [1.807, 2.05) is 48.5 Å². The highest BCUT2D eigenvalue weighted by Crippen LogP contribution is 2.09. The van der Waals surface area contributed by atoms with Gasteiger partial charge < -0.3 is 4.98 Å². The Morgan fingerprint density at radius 1 is 0.957 bits per heavy atom. The Hall–Kier alpha value is -3.34. The molecule has 3 aromatic rings. The molecule has 5 nitrogen and oxygen atoms in total. The van der Waals surface area contributed by atoms with Gasteiger partial charge in [0.2, 0.25) is 0 Å². The number of nitrogens with one attached hydrogen (secondary N) is 1. The number of nitrogens with zero attached hydrogens (tertiary/aromatic N) is 3. The van der Waals surface area contributed by atoms with Crippen molar-refractivity contribution in [2.45, 2.75) is 0 Å². The predicted octanol–water partition coefficient (Wildman–Crippen LogP) is 1.73. The van der Waals surface area contributed by atoms with E-state index in [4.69, 9.17) is 0 Å². The third kappa shape index (κ3) is 2.60. The molecule has 0 fully saturated rings. The second kappa shape index (κ2) is 5.46. The molecule has 110 valence electrons. The van der Waals surface area contributed by atoms with Crippen LogP contribution in [0.25, 0.3) is 17.1 Å². The zero-order valence-electron chi connectivity index (χ0n) is 12.1. The van der Waals surface area contributed by atoms with Gasteiger partial charge in [0.15, 0.2) is 0 Å². The number of H-pyrrole nitrogens is 1. The van der Waals surface area contributed by atoms with Crippen LogP contribution in [0.1, 0.15) is 5.69 Å². The lowest BCUT2D eigenvalue weighted by molar-refractivity contribution is 1.18. The fraction of sp³-hybridized carbons (Fsp3) is 0. The first kappa shape index (κ1) is 13.3. The molecule has 0 unspecified atom stereocenters. The van der Waals surface area contributed by atoms with Crippen LogP contribution in [0.3, 0.4) is 0 Å². The molecule has 2 aromatic carbocycles. The largest absolute Gasteiger partial charge is 0.319 e. The lowest BCUT2D eigenvalue weighted by atomic mass is 10.2. The molecule has 0 radical (unpaired) electrons. The monoisotopic (exact) mass is 300 g/mol. The van der Waals surface area contributed by atoms with Crippen LogP contribution in [0.2, 0.25) is 0 Å². The summed E-state index contributed by atoms with van der Waals surface area (Å²) in [4.78, 5) is 28.3. The number of aromatic amines is 1. The molecule has 0 spiro atoms. The Bertz CT molecular complexity index is 1140. The average molecular weight is 300 g/mol. The number of para-hydroxylation sites is 4. The molecule has 1 N–H and O–H groups in total. The minimum absolute atomic E-state index is 0.241. The van der Waals surface area contributed by atoms with Crippen LogP contribution < -0.4 is 16.3 Å². The summed E-state index contributed by atoms with van der Waals surface area (Å²) in [5.74, 6) is 0. The summed E-state index contributed by atoms with van der Waals surface area (Å²) in [5, 5.41) is 1.56. The first-order valence-corrected chi connectivity index (χ1v) is 7.18. The number of allylic oxidation sites excluding steroid dienone is 1. The highest BCUT2D eigenvalue weighted by Gasteiger charge is 2.04. The van der Waals surface area contributed by atoms with Crippen molar-refractivity contribution in [3.05, 3.63) is 93.3 Å². The van der Waals surface area contributed by atoms with Crippen LogP contribution in [0, 0.1) is 0 Å². The van der Waals surface area contributed by atoms with Crippen LogP contribution in [-0.4, -0.2) is 9.97 Å². The molecule has 4 rings (SSSR count). The molecule has 0 saturated heterocycles. The Balaban J connectivity index is 1.89. The smallest absolute Gasteiger partial charge is 0.274 e. The molecule has 5 heteroatoms. The number of hydrogen-bond donors (Lipinski definition) is 1. The van der Waals surface area contributed by atoms with Gasteiger partial charge in [-0.3, -0.25) is 9.79 Å². The van der Waals surface area contributed by atoms with Crippen molar-refractivity contribution in [3.63, 3.8) is 0 Å². The van der Waals surface area contributed by atoms with Gasteiger partial charge in [0.05, 0.1) is 27.4 Å². The van der Waals surface area contributed by atoms with Crippen LogP contribution in [-0.2, 0) is 0 Å². The fourth-order valence-electron chi connectivity index (χ4n) is 2.40. The van der Waals surface area contributed by atoms with Crippen molar-refractivity contribution in [3.8, 4) is 0 Å². The molecule has 0 amide bonds. The van der Waals surface area contributed by atoms with Crippen molar-refractivity contribution >= 4 is 17.1 Å². The fourth-order valence-corrected chi connectivity index (χ4v) is 2.40. The lowest BCUT2D eigenvalue weighted by Crippen LogP contribution is -2.23. The second-order valence-electron chi connectivity index (χ2n) is 5.08. The van der Waals surface area contributed by atoms with E-state index >= 15 is 0 Å². The molecule has 1 aliphatic heterocycles. The Labute approximate surface area is 131 Å². The molecule has 1 aliphatic rings. The van der Waals surface area contributed by atoms with Crippen molar-refractivity contribution in [1.82, 2.24) is 9.97 Å². The van der Waals surface area contributed by atoms with Gasteiger partial charge in [-0.15, -0.1) is 0 Å². The quantitative estimate of drug-likeness (QED) is 0.743. The van der Waals surface area contributed by atoms with Gasteiger partial charge in [-0.05, 0) is 36.4 Å². The maximum absolute atomic E-state index is 12.2. The van der Waals surface area contributed by atoms with Gasteiger partial charge in [0.25, 0.3) is 5.56 Å². The number of rotatable bonds is 1. The average Bonchev–Trinajstić information content (AvgIpc) is 2.77. The van der Waals surface area contributed by atoms with Crippen LogP contribution in [0.15, 0.2) is 81.3 Å². The lowest BCUT2D eigenvalue weighted by Gasteiger charge is -1.99. The van der Waals surface area contributed by atoms with E-state index in [1.165, 1.54) is 0 Å². The van der Waals surface area contributed by atoms with Crippen molar-refractivity contribution < 1.29 is 0 Å². The molecular weight excluding hydrogens is 288 g/mol. The van der Waals surface area contributed by atoms with E-state index in [-0.39, 0.29) is 5.56 Å². The summed E-state index contributed by atoms with van der Waals surface area (Å²) in [5.41, 5.74) is 2.17. The van der Waals surface area contributed by atoms with E-state index in [2.05, 4.69) is 20.0 Å². The zero-order chi connectivity index (χ0) is 15.6. The van der Waals surface area contributed by atoms with Crippen LogP contribution >= 0.6 is 0 Å². The van der Waals surface area contributed by atoms with Gasteiger partial charge >= 0.3 is 0 Å². The molecule has 23 heavy (non-hydrogen) atoms. The Morgan fingerprint density at radius 2 is 1.74 bits per heavy atom. The summed E-state index contributed by atoms with van der Waals surface area (Å²) < 4.78 is 0. The first-order valence-electron chi connectivity index (χ1n) is 7.18. The van der Waals surface area contributed by atoms with E-state index in [0.717, 1.165) is 16.2 Å². The summed E-state index contributed by atoms with van der Waals surface area (Å²) in [6.45, 7) is 0. The van der Waals surface area contributed by atoms with Crippen molar-refractivity contribution in [2.75, 3.05) is 0 Å². The third-order valence-corrected chi connectivity index (χ3v) is 3.50. The van der Waals surface area contributed by atoms with E-state index in [9.17, 15) is 4.79 Å². The molecule has 1 aromatic heterocycles. The summed E-state index contributed by atoms with van der Waals surface area (Å²) in [7, 11) is 0. The summed E-state index contributed by atoms with van der Waals surface area (Å²) >= 11 is 0. The minimum Gasteiger partial charge on any atom is -0.319 e. The summed E-state index contributed by atoms with van der Waals surface area (Å²) in [6, 6.07) is 15.0. The Morgan fingerprint density at radius 3 is 2.65 bits per heavy atom. The maximum atomic E-state index is 12.2. The van der Waals surface area contributed by atoms with Gasteiger partial charge in [-0.25, -0.2) is 9.98 Å². The Kier molecular flexibility index (Phi) is 3.16. The molecular formula is C18H12N4O. The molecule has 0 atom stereocenters. The SMILES string of the molecule is O=c1[nH]c2ccccc2nc1C=C1C=CN=c2ccccc2=N1. The second-order valence-corrected chi connectivity index (χ2v) is 5.08. The van der Waals surface area contributed by atoms with E-state index < -0.39 is 0 Å². The van der Waals surface area contributed by atoms with Gasteiger partial charge in [0, 0.05) is 6.20 Å². The highest BCUT2D eigenvalue weighted by atomic mass is 16.1. The molecule has 0 bridgehead atoms. The number of aromatic nitrogens is 2. The summed E-state index contributed by atoms with van der Waals surface area (Å²) in [6.07, 6.45) is 5.10. The normalized spacial score (nSPS) is 14.9. The number of fused-ring (bicyclic) bond motifs is 2. The van der Waals surface area contributed by atoms with Gasteiger partial charge in [-0.1, -0.05) is 24.3 Å². The molecule has 0 aliphatic carbocycles. The van der Waals surface area contributed by atoms with Crippen LogP contribution in [0.4, 0.5) is 0 Å². The minimum atomic E-state index is -0.241. The van der Waals surface area contributed by atoms with E-state index in [1.54, 1.807) is 18.4 Å². The molecule has 0 saturated carbocycles. The van der Waals surface area contributed by atoms with Crippen molar-refractivity contribution in [1.29, 1.82) is 0 Å². The standard InChI is InChI=1S/C18H12N4O/c23-18-17(21-15-7-3-4-8-16(15)22-18)11-12-9-10-19-13-5-1-2-6-14(13)20-12/h1-11H,(H,22,23). The van der Waals surface area contributed by atoms with Crippen molar-refractivity contribution in [2.24, 2.45) is 9.98 Å². The van der Waals surface area contributed by atoms with Gasteiger partial charge in [-0.2, -0.15) is 0 Å². The van der Waals surface area contributed by atoms with Gasteiger partial charge in [0.1, 0.15) is 5.69 Å². The predicted molar refractivity (Wildman–Crippen MR) is 88.2 cm³/mol.